The van der Waals surface area contributed by atoms with Crippen LogP contribution in [0, 0.1) is 0 Å². The normalized spacial score (nSPS) is 29.7. The Kier molecular flexibility index (Phi) is 1.80. The zero-order chi connectivity index (χ0) is 9.57. The zero-order valence-corrected chi connectivity index (χ0v) is 7.84. The molecule has 12 heavy (non-hydrogen) atoms. The van der Waals surface area contributed by atoms with Crippen molar-refractivity contribution in [3.8, 4) is 0 Å². The monoisotopic (exact) mass is 170 g/mol. The fourth-order valence-electron chi connectivity index (χ4n) is 1.55. The SMILES string of the molecule is CC1(C)OC(C)(C)C(=CO)C1=O. The van der Waals surface area contributed by atoms with Gasteiger partial charge in [-0.15, -0.1) is 0 Å². The molecule has 1 heterocycles. The largest absolute Gasteiger partial charge is 0.515 e. The van der Waals surface area contributed by atoms with Crippen molar-refractivity contribution >= 4 is 5.78 Å². The van der Waals surface area contributed by atoms with Gasteiger partial charge in [-0.3, -0.25) is 4.79 Å². The quantitative estimate of drug-likeness (QED) is 0.443. The first-order valence-corrected chi connectivity index (χ1v) is 3.91. The minimum atomic E-state index is -0.807. The van der Waals surface area contributed by atoms with Gasteiger partial charge in [-0.25, -0.2) is 0 Å². The van der Waals surface area contributed by atoms with Crippen molar-refractivity contribution in [2.75, 3.05) is 0 Å². The number of ether oxygens (including phenoxy) is 1. The number of aliphatic hydroxyl groups excluding tert-OH is 1. The molecule has 1 saturated heterocycles. The van der Waals surface area contributed by atoms with E-state index in [9.17, 15) is 4.79 Å². The number of carbonyl (C=O) groups is 1. The summed E-state index contributed by atoms with van der Waals surface area (Å²) in [4.78, 5) is 11.5. The highest BCUT2D eigenvalue weighted by atomic mass is 16.5. The molecule has 0 aromatic heterocycles. The second kappa shape index (κ2) is 2.33. The number of rotatable bonds is 0. The third-order valence-electron chi connectivity index (χ3n) is 2.08. The molecule has 1 aliphatic heterocycles. The summed E-state index contributed by atoms with van der Waals surface area (Å²) in [6, 6.07) is 0. The van der Waals surface area contributed by atoms with E-state index in [1.54, 1.807) is 27.7 Å². The van der Waals surface area contributed by atoms with E-state index in [1.807, 2.05) is 0 Å². The van der Waals surface area contributed by atoms with Crippen LogP contribution in [0.25, 0.3) is 0 Å². The molecule has 0 bridgehead atoms. The summed E-state index contributed by atoms with van der Waals surface area (Å²) in [5.74, 6) is -0.144. The molecule has 0 spiro atoms. The Balaban J connectivity index is 3.14. The molecule has 0 aliphatic carbocycles. The van der Waals surface area contributed by atoms with Crippen molar-refractivity contribution in [1.29, 1.82) is 0 Å². The lowest BCUT2D eigenvalue weighted by Crippen LogP contribution is -2.29. The van der Waals surface area contributed by atoms with Crippen molar-refractivity contribution in [2.45, 2.75) is 38.9 Å². The minimum Gasteiger partial charge on any atom is -0.515 e. The van der Waals surface area contributed by atoms with Gasteiger partial charge >= 0.3 is 0 Å². The maximum absolute atomic E-state index is 11.5. The molecular weight excluding hydrogens is 156 g/mol. The Hall–Kier alpha value is -0.830. The van der Waals surface area contributed by atoms with Gasteiger partial charge in [-0.1, -0.05) is 0 Å². The van der Waals surface area contributed by atoms with E-state index in [4.69, 9.17) is 9.84 Å². The fraction of sp³-hybridized carbons (Fsp3) is 0.667. The van der Waals surface area contributed by atoms with Crippen LogP contribution in [-0.2, 0) is 9.53 Å². The standard InChI is InChI=1S/C9H14O3/c1-8(2)6(5-10)7(11)9(3,4)12-8/h5,10H,1-4H3. The molecule has 0 aromatic rings. The maximum Gasteiger partial charge on any atom is 0.196 e. The second-order valence-corrected chi connectivity index (χ2v) is 3.99. The summed E-state index contributed by atoms with van der Waals surface area (Å²) >= 11 is 0. The molecule has 3 heteroatoms. The van der Waals surface area contributed by atoms with Crippen LogP contribution < -0.4 is 0 Å². The molecule has 1 rings (SSSR count). The summed E-state index contributed by atoms with van der Waals surface area (Å²) in [5.41, 5.74) is -1.14. The van der Waals surface area contributed by atoms with Crippen LogP contribution in [0.2, 0.25) is 0 Å². The summed E-state index contributed by atoms with van der Waals surface area (Å²) in [7, 11) is 0. The molecule has 3 nitrogen and oxygen atoms in total. The van der Waals surface area contributed by atoms with Gasteiger partial charge in [0.05, 0.1) is 17.4 Å². The van der Waals surface area contributed by atoms with E-state index < -0.39 is 11.2 Å². The highest BCUT2D eigenvalue weighted by Gasteiger charge is 2.49. The van der Waals surface area contributed by atoms with Crippen molar-refractivity contribution in [1.82, 2.24) is 0 Å². The van der Waals surface area contributed by atoms with E-state index in [0.717, 1.165) is 6.26 Å². The van der Waals surface area contributed by atoms with E-state index >= 15 is 0 Å². The smallest absolute Gasteiger partial charge is 0.196 e. The predicted octanol–water partition coefficient (Wildman–Crippen LogP) is 1.58. The van der Waals surface area contributed by atoms with Gasteiger partial charge < -0.3 is 9.84 Å². The van der Waals surface area contributed by atoms with Crippen LogP contribution in [0.4, 0.5) is 0 Å². The summed E-state index contributed by atoms with van der Waals surface area (Å²) in [6.07, 6.45) is 0.844. The molecule has 1 aliphatic rings. The number of aliphatic hydroxyl groups is 1. The van der Waals surface area contributed by atoms with Crippen LogP contribution in [0.5, 0.6) is 0 Å². The zero-order valence-electron chi connectivity index (χ0n) is 7.84. The average molecular weight is 170 g/mol. The summed E-state index contributed by atoms with van der Waals surface area (Å²) in [6.45, 7) is 6.94. The number of ketones is 1. The van der Waals surface area contributed by atoms with Gasteiger partial charge in [0.15, 0.2) is 5.78 Å². The fourth-order valence-corrected chi connectivity index (χ4v) is 1.55. The molecule has 0 atom stereocenters. The van der Waals surface area contributed by atoms with Gasteiger partial charge in [0, 0.05) is 0 Å². The van der Waals surface area contributed by atoms with Crippen LogP contribution in [0.15, 0.2) is 11.8 Å². The number of hydrogen-bond acceptors (Lipinski definition) is 3. The first-order valence-electron chi connectivity index (χ1n) is 3.91. The van der Waals surface area contributed by atoms with Crippen LogP contribution in [-0.4, -0.2) is 22.1 Å². The van der Waals surface area contributed by atoms with Crippen molar-refractivity contribution in [2.24, 2.45) is 0 Å². The van der Waals surface area contributed by atoms with Crippen molar-refractivity contribution < 1.29 is 14.6 Å². The first kappa shape index (κ1) is 9.26. The Bertz CT molecular complexity index is 248. The van der Waals surface area contributed by atoms with Crippen LogP contribution in [0.3, 0.4) is 0 Å². The number of hydrogen-bond donors (Lipinski definition) is 1. The van der Waals surface area contributed by atoms with E-state index in [2.05, 4.69) is 0 Å². The number of carbonyl (C=O) groups excluding carboxylic acids is 1. The number of Topliss-reactive ketones (excluding diaryl/α,β-unsaturated/α-hetero) is 1. The Labute approximate surface area is 72.0 Å². The van der Waals surface area contributed by atoms with E-state index in [0.29, 0.717) is 5.57 Å². The highest BCUT2D eigenvalue weighted by molar-refractivity contribution is 6.04. The Morgan fingerprint density at radius 3 is 1.92 bits per heavy atom. The molecule has 0 radical (unpaired) electrons. The minimum absolute atomic E-state index is 0.144. The summed E-state index contributed by atoms with van der Waals surface area (Å²) in [5, 5.41) is 8.84. The summed E-state index contributed by atoms with van der Waals surface area (Å²) < 4.78 is 5.47. The molecule has 1 fully saturated rings. The maximum atomic E-state index is 11.5. The molecule has 0 amide bonds. The third kappa shape index (κ3) is 1.14. The lowest BCUT2D eigenvalue weighted by atomic mass is 9.94. The average Bonchev–Trinajstić information content (AvgIpc) is 1.98. The van der Waals surface area contributed by atoms with Crippen LogP contribution >= 0.6 is 0 Å². The Morgan fingerprint density at radius 2 is 1.75 bits per heavy atom. The predicted molar refractivity (Wildman–Crippen MR) is 45.0 cm³/mol. The van der Waals surface area contributed by atoms with Gasteiger partial charge in [-0.2, -0.15) is 0 Å². The molecule has 68 valence electrons. The van der Waals surface area contributed by atoms with Crippen molar-refractivity contribution in [3.63, 3.8) is 0 Å². The molecule has 0 aromatic carbocycles. The first-order chi connectivity index (χ1) is 5.31. The van der Waals surface area contributed by atoms with Gasteiger partial charge in [0.25, 0.3) is 0 Å². The third-order valence-corrected chi connectivity index (χ3v) is 2.08. The molecule has 0 saturated carbocycles. The van der Waals surface area contributed by atoms with Crippen LogP contribution in [0.1, 0.15) is 27.7 Å². The molecule has 0 unspecified atom stereocenters. The molecular formula is C9H14O3. The highest BCUT2D eigenvalue weighted by Crippen LogP contribution is 2.37. The molecule has 1 N–H and O–H groups in total. The van der Waals surface area contributed by atoms with Gasteiger partial charge in [0.2, 0.25) is 0 Å². The lowest BCUT2D eigenvalue weighted by molar-refractivity contribution is -0.132. The second-order valence-electron chi connectivity index (χ2n) is 3.99. The lowest BCUT2D eigenvalue weighted by Gasteiger charge is -2.21. The van der Waals surface area contributed by atoms with Crippen molar-refractivity contribution in [3.05, 3.63) is 11.8 Å². The van der Waals surface area contributed by atoms with E-state index in [1.165, 1.54) is 0 Å². The Morgan fingerprint density at radius 1 is 1.25 bits per heavy atom. The van der Waals surface area contributed by atoms with E-state index in [-0.39, 0.29) is 5.78 Å². The van der Waals surface area contributed by atoms with Gasteiger partial charge in [-0.05, 0) is 27.7 Å². The topological polar surface area (TPSA) is 46.5 Å². The van der Waals surface area contributed by atoms with Gasteiger partial charge in [0.1, 0.15) is 5.60 Å².